The van der Waals surface area contributed by atoms with E-state index >= 15 is 0 Å². The van der Waals surface area contributed by atoms with E-state index in [0.717, 1.165) is 67.5 Å². The smallest absolute Gasteiger partial charge is 0.137 e. The van der Waals surface area contributed by atoms with E-state index < -0.39 is 0 Å². The van der Waals surface area contributed by atoms with E-state index in [-0.39, 0.29) is 10.8 Å². The third-order valence-electron chi connectivity index (χ3n) is 16.1. The average molecular weight is 937 g/mol. The summed E-state index contributed by atoms with van der Waals surface area (Å²) in [5, 5.41) is 2.20. The van der Waals surface area contributed by atoms with Crippen LogP contribution < -0.4 is 14.5 Å². The van der Waals surface area contributed by atoms with E-state index in [1.807, 2.05) is 0 Å². The van der Waals surface area contributed by atoms with Crippen molar-refractivity contribution in [2.45, 2.75) is 38.5 Å². The first-order chi connectivity index (χ1) is 35.7. The number of nitrogens with zero attached hydrogens (tertiary/aromatic N) is 2. The lowest BCUT2D eigenvalue weighted by atomic mass is 9.82. The van der Waals surface area contributed by atoms with E-state index in [9.17, 15) is 0 Å². The SMILES string of the molecule is CC1(C)c2ccccc2-c2ccc(N(c3ccc(-c4ccccc4)cc3)c3cccc4c3-c3cccc5c(N(c6ccc(-c7ccccc7)cc6)c6ccc7c(c6)C(C)(C)c6ccccc6-7)ccc(c35)O4)cc21. The second-order valence-electron chi connectivity index (χ2n) is 20.9. The molecule has 0 saturated carbocycles. The summed E-state index contributed by atoms with van der Waals surface area (Å²) in [5.41, 5.74) is 23.7. The number of rotatable bonds is 8. The van der Waals surface area contributed by atoms with Crippen molar-refractivity contribution in [3.05, 3.63) is 265 Å². The number of ether oxygens (including phenoxy) is 1. The van der Waals surface area contributed by atoms with E-state index in [4.69, 9.17) is 4.74 Å². The van der Waals surface area contributed by atoms with Gasteiger partial charge in [-0.15, -0.1) is 0 Å². The Bertz CT molecular complexity index is 3980. The van der Waals surface area contributed by atoms with Gasteiger partial charge in [-0.1, -0.05) is 198 Å². The predicted molar refractivity (Wildman–Crippen MR) is 305 cm³/mol. The van der Waals surface area contributed by atoms with Crippen LogP contribution in [-0.2, 0) is 10.8 Å². The van der Waals surface area contributed by atoms with Crippen molar-refractivity contribution in [1.29, 1.82) is 0 Å². The molecule has 0 fully saturated rings. The highest BCUT2D eigenvalue weighted by Crippen LogP contribution is 2.57. The molecule has 1 aliphatic heterocycles. The molecule has 0 radical (unpaired) electrons. The highest BCUT2D eigenvalue weighted by atomic mass is 16.5. The molecule has 0 saturated heterocycles. The third kappa shape index (κ3) is 6.65. The standard InChI is InChI=1S/C70H52N2O/c1-69(2)59-25-13-11-21-53(59)55-39-37-51(43-61(55)69)71(49-33-29-47(30-34-49)45-17-7-5-8-18-45)63-41-42-66-67-57(63)23-15-24-58(67)68-64(27-16-28-65(68)73-66)72(50-35-31-48(32-36-50)46-19-9-6-10-20-46)52-38-40-56-54-22-12-14-26-60(54)70(3,4)62(56)44-52/h5-44H,1-4H3. The summed E-state index contributed by atoms with van der Waals surface area (Å²) in [6, 6.07) is 89.0. The van der Waals surface area contributed by atoms with Gasteiger partial charge in [0.25, 0.3) is 0 Å². The minimum atomic E-state index is -0.169. The normalized spacial score (nSPS) is 13.8. The van der Waals surface area contributed by atoms with Crippen LogP contribution in [0.1, 0.15) is 49.9 Å². The van der Waals surface area contributed by atoms with Crippen LogP contribution in [0.3, 0.4) is 0 Å². The van der Waals surface area contributed by atoms with Crippen LogP contribution in [0.5, 0.6) is 11.5 Å². The zero-order valence-corrected chi connectivity index (χ0v) is 41.4. The van der Waals surface area contributed by atoms with Gasteiger partial charge in [0.05, 0.1) is 11.4 Å². The fourth-order valence-electron chi connectivity index (χ4n) is 12.4. The van der Waals surface area contributed by atoms with Crippen molar-refractivity contribution in [1.82, 2.24) is 0 Å². The van der Waals surface area contributed by atoms with Crippen LogP contribution >= 0.6 is 0 Å². The summed E-state index contributed by atoms with van der Waals surface area (Å²) in [5.74, 6) is 1.68. The van der Waals surface area contributed by atoms with Crippen molar-refractivity contribution >= 4 is 44.9 Å². The molecule has 73 heavy (non-hydrogen) atoms. The lowest BCUT2D eigenvalue weighted by molar-refractivity contribution is 0.487. The van der Waals surface area contributed by atoms with Crippen LogP contribution in [0, 0.1) is 0 Å². The molecule has 0 spiro atoms. The van der Waals surface area contributed by atoms with Gasteiger partial charge >= 0.3 is 0 Å². The number of fused-ring (bicyclic) bond motifs is 8. The Morgan fingerprint density at radius 3 is 1.29 bits per heavy atom. The summed E-state index contributed by atoms with van der Waals surface area (Å²) in [6.45, 7) is 9.44. The molecule has 11 aromatic carbocycles. The number of anilines is 6. The van der Waals surface area contributed by atoms with Gasteiger partial charge in [-0.05, 0) is 145 Å². The second kappa shape index (κ2) is 16.3. The van der Waals surface area contributed by atoms with Crippen molar-refractivity contribution < 1.29 is 4.74 Å². The molecular weight excluding hydrogens is 885 g/mol. The molecule has 0 N–H and O–H groups in total. The van der Waals surface area contributed by atoms with Gasteiger partial charge in [0.1, 0.15) is 11.5 Å². The van der Waals surface area contributed by atoms with Crippen LogP contribution in [0.15, 0.2) is 243 Å². The lowest BCUT2D eigenvalue weighted by Crippen LogP contribution is -2.17. The van der Waals surface area contributed by atoms with Crippen molar-refractivity contribution in [2.24, 2.45) is 0 Å². The molecule has 1 heterocycles. The van der Waals surface area contributed by atoms with Crippen molar-refractivity contribution in [2.75, 3.05) is 9.80 Å². The van der Waals surface area contributed by atoms with E-state index in [1.165, 1.54) is 66.8 Å². The molecule has 0 bridgehead atoms. The number of hydrogen-bond donors (Lipinski definition) is 0. The van der Waals surface area contributed by atoms with Gasteiger partial charge in [0.2, 0.25) is 0 Å². The molecule has 3 heteroatoms. The molecule has 3 aliphatic rings. The van der Waals surface area contributed by atoms with Crippen molar-refractivity contribution in [3.8, 4) is 67.1 Å². The topological polar surface area (TPSA) is 15.7 Å². The van der Waals surface area contributed by atoms with Crippen LogP contribution in [0.2, 0.25) is 0 Å². The van der Waals surface area contributed by atoms with Gasteiger partial charge in [-0.2, -0.15) is 0 Å². The van der Waals surface area contributed by atoms with E-state index in [2.05, 4.69) is 280 Å². The Morgan fingerprint density at radius 1 is 0.301 bits per heavy atom. The molecule has 0 atom stereocenters. The minimum Gasteiger partial charge on any atom is -0.456 e. The average Bonchev–Trinajstić information content (AvgIpc) is 3.81. The summed E-state index contributed by atoms with van der Waals surface area (Å²) in [6.07, 6.45) is 0. The maximum absolute atomic E-state index is 7.13. The van der Waals surface area contributed by atoms with Crippen LogP contribution in [-0.4, -0.2) is 0 Å². The first-order valence-corrected chi connectivity index (χ1v) is 25.5. The van der Waals surface area contributed by atoms with Gasteiger partial charge in [-0.3, -0.25) is 0 Å². The van der Waals surface area contributed by atoms with Gasteiger partial charge in [0.15, 0.2) is 0 Å². The van der Waals surface area contributed by atoms with Crippen LogP contribution in [0.25, 0.3) is 66.4 Å². The van der Waals surface area contributed by atoms with Gasteiger partial charge < -0.3 is 14.5 Å². The second-order valence-corrected chi connectivity index (χ2v) is 20.9. The fourth-order valence-corrected chi connectivity index (χ4v) is 12.4. The summed E-state index contributed by atoms with van der Waals surface area (Å²) < 4.78 is 7.13. The number of benzene rings is 11. The Morgan fingerprint density at radius 2 is 0.740 bits per heavy atom. The van der Waals surface area contributed by atoms with E-state index in [0.29, 0.717) is 0 Å². The Hall–Kier alpha value is -8.92. The quantitative estimate of drug-likeness (QED) is 0.151. The molecule has 0 aromatic heterocycles. The predicted octanol–water partition coefficient (Wildman–Crippen LogP) is 19.5. The third-order valence-corrected chi connectivity index (χ3v) is 16.1. The number of hydrogen-bond acceptors (Lipinski definition) is 3. The Balaban J connectivity index is 0.956. The lowest BCUT2D eigenvalue weighted by Gasteiger charge is -2.33. The molecule has 348 valence electrons. The van der Waals surface area contributed by atoms with Gasteiger partial charge in [-0.25, -0.2) is 0 Å². The van der Waals surface area contributed by atoms with Gasteiger partial charge in [0, 0.05) is 49.9 Å². The molecule has 2 aliphatic carbocycles. The zero-order valence-electron chi connectivity index (χ0n) is 41.4. The molecule has 11 aromatic rings. The van der Waals surface area contributed by atoms with Crippen molar-refractivity contribution in [3.63, 3.8) is 0 Å². The highest BCUT2D eigenvalue weighted by Gasteiger charge is 2.38. The highest BCUT2D eigenvalue weighted by molar-refractivity contribution is 6.13. The van der Waals surface area contributed by atoms with E-state index in [1.54, 1.807) is 0 Å². The molecule has 0 amide bonds. The zero-order chi connectivity index (χ0) is 49.0. The first-order valence-electron chi connectivity index (χ1n) is 25.5. The summed E-state index contributed by atoms with van der Waals surface area (Å²) in [7, 11) is 0. The molecule has 14 rings (SSSR count). The maximum atomic E-state index is 7.13. The molecular formula is C70H52N2O. The summed E-state index contributed by atoms with van der Waals surface area (Å²) in [4.78, 5) is 4.89. The Kier molecular flexibility index (Phi) is 9.59. The fraction of sp³-hybridized carbons (Fsp3) is 0.0857. The largest absolute Gasteiger partial charge is 0.456 e. The minimum absolute atomic E-state index is 0.162. The first kappa shape index (κ1) is 42.9. The molecule has 3 nitrogen and oxygen atoms in total. The molecule has 0 unspecified atom stereocenters. The summed E-state index contributed by atoms with van der Waals surface area (Å²) >= 11 is 0. The maximum Gasteiger partial charge on any atom is 0.137 e. The van der Waals surface area contributed by atoms with Crippen LogP contribution in [0.4, 0.5) is 34.1 Å². The Labute approximate surface area is 427 Å². The monoisotopic (exact) mass is 936 g/mol.